The highest BCUT2D eigenvalue weighted by molar-refractivity contribution is 5.31. The standard InChI is InChI=1S/C17H24FN/c1-17(18,16-9-4-10-19-12-16)15-8-3-7-14(11-15)13-5-2-6-13/h3,7-8,11,13,16,19H,2,4-6,9-10,12H2,1H3. The average molecular weight is 261 g/mol. The number of alkyl halides is 1. The van der Waals surface area contributed by atoms with E-state index in [0.29, 0.717) is 5.92 Å². The van der Waals surface area contributed by atoms with Gasteiger partial charge in [0.2, 0.25) is 0 Å². The molecule has 0 spiro atoms. The van der Waals surface area contributed by atoms with Crippen LogP contribution in [0, 0.1) is 5.92 Å². The van der Waals surface area contributed by atoms with Gasteiger partial charge >= 0.3 is 0 Å². The molecule has 0 aromatic heterocycles. The molecule has 0 bridgehead atoms. The molecule has 2 aliphatic rings. The Hall–Kier alpha value is -0.890. The van der Waals surface area contributed by atoms with Crippen LogP contribution in [0.25, 0.3) is 0 Å². The van der Waals surface area contributed by atoms with Crippen molar-refractivity contribution in [3.8, 4) is 0 Å². The Morgan fingerprint density at radius 1 is 1.21 bits per heavy atom. The van der Waals surface area contributed by atoms with Crippen LogP contribution in [-0.4, -0.2) is 13.1 Å². The van der Waals surface area contributed by atoms with Gasteiger partial charge in [-0.15, -0.1) is 0 Å². The Bertz CT molecular complexity index is 431. The average Bonchev–Trinajstić information content (AvgIpc) is 2.38. The molecular weight excluding hydrogens is 237 g/mol. The van der Waals surface area contributed by atoms with Crippen molar-refractivity contribution in [3.05, 3.63) is 35.4 Å². The minimum Gasteiger partial charge on any atom is -0.316 e. The molecule has 1 saturated heterocycles. The van der Waals surface area contributed by atoms with E-state index in [1.807, 2.05) is 12.1 Å². The van der Waals surface area contributed by atoms with Crippen LogP contribution in [0.5, 0.6) is 0 Å². The van der Waals surface area contributed by atoms with Gasteiger partial charge in [-0.3, -0.25) is 0 Å². The third-order valence-corrected chi connectivity index (χ3v) is 5.09. The molecule has 1 aromatic carbocycles. The molecule has 19 heavy (non-hydrogen) atoms. The lowest BCUT2D eigenvalue weighted by Crippen LogP contribution is -2.40. The van der Waals surface area contributed by atoms with Crippen molar-refractivity contribution < 1.29 is 4.39 Å². The van der Waals surface area contributed by atoms with Gasteiger partial charge < -0.3 is 5.32 Å². The SMILES string of the molecule is CC(F)(c1cccc(C2CCC2)c1)C1CCCNC1. The molecule has 1 aliphatic heterocycles. The molecule has 0 radical (unpaired) electrons. The summed E-state index contributed by atoms with van der Waals surface area (Å²) in [6.45, 7) is 3.61. The van der Waals surface area contributed by atoms with Crippen LogP contribution in [-0.2, 0) is 5.67 Å². The maximum Gasteiger partial charge on any atom is 0.137 e. The van der Waals surface area contributed by atoms with Crippen LogP contribution in [0.2, 0.25) is 0 Å². The van der Waals surface area contributed by atoms with Crippen molar-refractivity contribution in [2.24, 2.45) is 5.92 Å². The van der Waals surface area contributed by atoms with Crippen molar-refractivity contribution in [1.29, 1.82) is 0 Å². The lowest BCUT2D eigenvalue weighted by molar-refractivity contribution is 0.0810. The summed E-state index contributed by atoms with van der Waals surface area (Å²) in [7, 11) is 0. The first-order valence-electron chi connectivity index (χ1n) is 7.68. The number of rotatable bonds is 3. The molecule has 2 atom stereocenters. The molecule has 1 heterocycles. The molecule has 1 nitrogen and oxygen atoms in total. The summed E-state index contributed by atoms with van der Waals surface area (Å²) in [5.41, 5.74) is 1.02. The van der Waals surface area contributed by atoms with Crippen molar-refractivity contribution in [3.63, 3.8) is 0 Å². The highest BCUT2D eigenvalue weighted by Crippen LogP contribution is 2.41. The topological polar surface area (TPSA) is 12.0 Å². The maximum absolute atomic E-state index is 15.2. The summed E-state index contributed by atoms with van der Waals surface area (Å²) in [4.78, 5) is 0. The second-order valence-electron chi connectivity index (χ2n) is 6.37. The first-order valence-corrected chi connectivity index (χ1v) is 7.68. The van der Waals surface area contributed by atoms with Crippen LogP contribution in [0.15, 0.2) is 24.3 Å². The highest BCUT2D eigenvalue weighted by Gasteiger charge is 2.37. The maximum atomic E-state index is 15.2. The van der Waals surface area contributed by atoms with E-state index < -0.39 is 5.67 Å². The van der Waals surface area contributed by atoms with Crippen LogP contribution in [0.3, 0.4) is 0 Å². The predicted octanol–water partition coefficient (Wildman–Crippen LogP) is 4.14. The molecule has 0 amide bonds. The zero-order valence-corrected chi connectivity index (χ0v) is 11.8. The van der Waals surface area contributed by atoms with Crippen LogP contribution >= 0.6 is 0 Å². The fourth-order valence-corrected chi connectivity index (χ4v) is 3.39. The molecule has 1 aromatic rings. The molecular formula is C17H24FN. The summed E-state index contributed by atoms with van der Waals surface area (Å²) in [6.07, 6.45) is 5.96. The van der Waals surface area contributed by atoms with E-state index in [1.165, 1.54) is 24.8 Å². The van der Waals surface area contributed by atoms with Crippen molar-refractivity contribution >= 4 is 0 Å². The Kier molecular flexibility index (Phi) is 3.62. The lowest BCUT2D eigenvalue weighted by atomic mass is 9.76. The Labute approximate surface area is 115 Å². The fraction of sp³-hybridized carbons (Fsp3) is 0.647. The van der Waals surface area contributed by atoms with Gasteiger partial charge in [-0.2, -0.15) is 0 Å². The Balaban J connectivity index is 1.82. The third kappa shape index (κ3) is 2.55. The van der Waals surface area contributed by atoms with Crippen molar-refractivity contribution in [2.75, 3.05) is 13.1 Å². The highest BCUT2D eigenvalue weighted by atomic mass is 19.1. The van der Waals surface area contributed by atoms with E-state index in [0.717, 1.165) is 31.5 Å². The van der Waals surface area contributed by atoms with Gasteiger partial charge in [0.25, 0.3) is 0 Å². The van der Waals surface area contributed by atoms with Gasteiger partial charge in [-0.1, -0.05) is 30.7 Å². The minimum absolute atomic E-state index is 0.109. The summed E-state index contributed by atoms with van der Waals surface area (Å²) in [5, 5.41) is 3.33. The smallest absolute Gasteiger partial charge is 0.137 e. The van der Waals surface area contributed by atoms with Gasteiger partial charge in [-0.05, 0) is 56.2 Å². The van der Waals surface area contributed by atoms with Gasteiger partial charge in [-0.25, -0.2) is 4.39 Å². The number of nitrogens with one attached hydrogen (secondary N) is 1. The van der Waals surface area contributed by atoms with E-state index in [4.69, 9.17) is 0 Å². The van der Waals surface area contributed by atoms with Gasteiger partial charge in [0.1, 0.15) is 5.67 Å². The first-order chi connectivity index (χ1) is 9.18. The molecule has 1 aliphatic carbocycles. The summed E-state index contributed by atoms with van der Waals surface area (Å²) < 4.78 is 15.2. The first kappa shape index (κ1) is 13.1. The van der Waals surface area contributed by atoms with E-state index in [1.54, 1.807) is 6.92 Å². The second kappa shape index (κ2) is 5.24. The second-order valence-corrected chi connectivity index (χ2v) is 6.37. The number of hydrogen-bond donors (Lipinski definition) is 1. The minimum atomic E-state index is -1.20. The number of piperidine rings is 1. The molecule has 3 rings (SSSR count). The van der Waals surface area contributed by atoms with Gasteiger partial charge in [0, 0.05) is 12.5 Å². The van der Waals surface area contributed by atoms with Gasteiger partial charge in [0.05, 0.1) is 0 Å². The number of hydrogen-bond acceptors (Lipinski definition) is 1. The Morgan fingerprint density at radius 3 is 2.68 bits per heavy atom. The fourth-order valence-electron chi connectivity index (χ4n) is 3.39. The summed E-state index contributed by atoms with van der Waals surface area (Å²) in [5.74, 6) is 0.790. The zero-order valence-electron chi connectivity index (χ0n) is 11.8. The lowest BCUT2D eigenvalue weighted by Gasteiger charge is -2.35. The summed E-state index contributed by atoms with van der Waals surface area (Å²) in [6, 6.07) is 8.30. The number of benzene rings is 1. The van der Waals surface area contributed by atoms with Crippen LogP contribution in [0.4, 0.5) is 4.39 Å². The molecule has 104 valence electrons. The van der Waals surface area contributed by atoms with Gasteiger partial charge in [0.15, 0.2) is 0 Å². The van der Waals surface area contributed by atoms with Crippen LogP contribution in [0.1, 0.15) is 56.1 Å². The monoisotopic (exact) mass is 261 g/mol. The van der Waals surface area contributed by atoms with E-state index in [-0.39, 0.29) is 5.92 Å². The zero-order chi connectivity index (χ0) is 13.3. The van der Waals surface area contributed by atoms with Crippen molar-refractivity contribution in [1.82, 2.24) is 5.32 Å². The number of halogens is 1. The molecule has 2 fully saturated rings. The third-order valence-electron chi connectivity index (χ3n) is 5.09. The van der Waals surface area contributed by atoms with Crippen molar-refractivity contribution in [2.45, 2.75) is 50.6 Å². The Morgan fingerprint density at radius 2 is 2.05 bits per heavy atom. The quantitative estimate of drug-likeness (QED) is 0.862. The predicted molar refractivity (Wildman–Crippen MR) is 77.1 cm³/mol. The van der Waals surface area contributed by atoms with E-state index in [9.17, 15) is 0 Å². The normalized spacial score (nSPS) is 27.6. The molecule has 2 heteroatoms. The van der Waals surface area contributed by atoms with E-state index in [2.05, 4.69) is 17.4 Å². The molecule has 2 unspecified atom stereocenters. The molecule has 1 saturated carbocycles. The molecule has 1 N–H and O–H groups in total. The van der Waals surface area contributed by atoms with E-state index >= 15 is 4.39 Å². The largest absolute Gasteiger partial charge is 0.316 e. The van der Waals surface area contributed by atoms with Crippen LogP contribution < -0.4 is 5.32 Å². The summed E-state index contributed by atoms with van der Waals surface area (Å²) >= 11 is 0.